The lowest BCUT2D eigenvalue weighted by Crippen LogP contribution is -2.30. The SMILES string of the molecule is CC\C=C/C=C\C=C/CCCCCCCCCC(=O)OCC(COC(=O)CC/C=C\C/C=C\C/C=C\C/C=C\C/C=C\CC)OC(=O)CCCCCCC/C=C\CCCCCCCCC. The molecule has 0 N–H and O–H groups in total. The third-order valence-corrected chi connectivity index (χ3v) is 10.8. The van der Waals surface area contributed by atoms with E-state index >= 15 is 0 Å². The Labute approximate surface area is 400 Å². The van der Waals surface area contributed by atoms with Crippen molar-refractivity contribution in [2.75, 3.05) is 13.2 Å². The van der Waals surface area contributed by atoms with Gasteiger partial charge >= 0.3 is 17.9 Å². The predicted molar refractivity (Wildman–Crippen MR) is 279 cm³/mol. The summed E-state index contributed by atoms with van der Waals surface area (Å²) in [5.41, 5.74) is 0. The summed E-state index contributed by atoms with van der Waals surface area (Å²) in [6, 6.07) is 0. The Morgan fingerprint density at radius 2 is 0.708 bits per heavy atom. The summed E-state index contributed by atoms with van der Waals surface area (Å²) in [7, 11) is 0. The van der Waals surface area contributed by atoms with Crippen molar-refractivity contribution < 1.29 is 28.6 Å². The molecule has 0 heterocycles. The summed E-state index contributed by atoms with van der Waals surface area (Å²) < 4.78 is 16.7. The molecular weight excluding hydrogens is 805 g/mol. The van der Waals surface area contributed by atoms with Crippen LogP contribution in [0.2, 0.25) is 0 Å². The molecular formula is C59H96O6. The number of hydrogen-bond donors (Lipinski definition) is 0. The molecule has 0 saturated carbocycles. The van der Waals surface area contributed by atoms with Gasteiger partial charge in [-0.2, -0.15) is 0 Å². The molecule has 0 aliphatic rings. The van der Waals surface area contributed by atoms with E-state index in [-0.39, 0.29) is 37.5 Å². The first kappa shape index (κ1) is 61.1. The summed E-state index contributed by atoms with van der Waals surface area (Å²) in [6.45, 7) is 6.30. The Kier molecular flexibility index (Phi) is 49.5. The Bertz CT molecular complexity index is 1360. The van der Waals surface area contributed by atoms with Crippen LogP contribution in [0.3, 0.4) is 0 Å². The first-order valence-electron chi connectivity index (χ1n) is 26.4. The summed E-state index contributed by atoms with van der Waals surface area (Å²) >= 11 is 0. The minimum Gasteiger partial charge on any atom is -0.462 e. The van der Waals surface area contributed by atoms with Gasteiger partial charge in [-0.3, -0.25) is 14.4 Å². The lowest BCUT2D eigenvalue weighted by Gasteiger charge is -2.18. The van der Waals surface area contributed by atoms with E-state index < -0.39 is 6.10 Å². The molecule has 6 heteroatoms. The van der Waals surface area contributed by atoms with Crippen LogP contribution in [0.5, 0.6) is 0 Å². The van der Waals surface area contributed by atoms with Crippen LogP contribution in [0, 0.1) is 0 Å². The van der Waals surface area contributed by atoms with Crippen molar-refractivity contribution in [1.29, 1.82) is 0 Å². The molecule has 0 bridgehead atoms. The molecule has 65 heavy (non-hydrogen) atoms. The van der Waals surface area contributed by atoms with Crippen LogP contribution < -0.4 is 0 Å². The van der Waals surface area contributed by atoms with Gasteiger partial charge in [0.15, 0.2) is 6.10 Å². The predicted octanol–water partition coefficient (Wildman–Crippen LogP) is 17.5. The van der Waals surface area contributed by atoms with Crippen molar-refractivity contribution in [1.82, 2.24) is 0 Å². The molecule has 0 aromatic carbocycles. The van der Waals surface area contributed by atoms with E-state index in [1.54, 1.807) is 0 Å². The normalized spacial score (nSPS) is 13.0. The molecule has 368 valence electrons. The Hall–Kier alpha value is -3.93. The standard InChI is InChI=1S/C59H96O6/c1-4-7-10-13-16-19-22-25-28-31-34-37-40-43-46-49-52-58(61)64-55-56(54-63-57(60)51-48-45-42-39-36-33-30-27-24-21-18-15-12-9-6-3)65-59(62)53-50-47-44-41-38-35-32-29-26-23-20-17-14-11-8-5-2/h7,9-10,12,15-16,18-19,21,24-25,28-29,32,34,37,43,46,56H,4-6,8,11,13-14,17,20,22-23,26-27,30-31,33,35-36,38-42,44-45,47-55H2,1-3H3/b10-7-,12-9-,18-15-,19-16-,24-21-,28-25-,32-29-,37-34-,46-43-. The smallest absolute Gasteiger partial charge is 0.306 e. The van der Waals surface area contributed by atoms with Gasteiger partial charge < -0.3 is 14.2 Å². The average molecular weight is 901 g/mol. The van der Waals surface area contributed by atoms with Gasteiger partial charge in [-0.15, -0.1) is 0 Å². The summed E-state index contributed by atoms with van der Waals surface area (Å²) in [4.78, 5) is 38.0. The zero-order valence-electron chi connectivity index (χ0n) is 42.0. The van der Waals surface area contributed by atoms with Crippen LogP contribution >= 0.6 is 0 Å². The van der Waals surface area contributed by atoms with E-state index in [4.69, 9.17) is 14.2 Å². The molecule has 0 fully saturated rings. The molecule has 0 rings (SSSR count). The zero-order valence-corrected chi connectivity index (χ0v) is 42.0. The second-order valence-electron chi connectivity index (χ2n) is 17.1. The molecule has 1 atom stereocenters. The highest BCUT2D eigenvalue weighted by Gasteiger charge is 2.19. The molecule has 0 amide bonds. The van der Waals surface area contributed by atoms with Gasteiger partial charge in [0.25, 0.3) is 0 Å². The molecule has 6 nitrogen and oxygen atoms in total. The fourth-order valence-electron chi connectivity index (χ4n) is 6.90. The number of rotatable bonds is 46. The summed E-state index contributed by atoms with van der Waals surface area (Å²) in [5.74, 6) is -1.02. The Morgan fingerprint density at radius 3 is 1.20 bits per heavy atom. The minimum absolute atomic E-state index is 0.112. The lowest BCUT2D eigenvalue weighted by molar-refractivity contribution is -0.166. The molecule has 0 spiro atoms. The molecule has 0 saturated heterocycles. The van der Waals surface area contributed by atoms with Gasteiger partial charge in [-0.05, 0) is 96.3 Å². The highest BCUT2D eigenvalue weighted by atomic mass is 16.6. The highest BCUT2D eigenvalue weighted by Crippen LogP contribution is 2.13. The van der Waals surface area contributed by atoms with Crippen LogP contribution in [0.15, 0.2) is 109 Å². The van der Waals surface area contributed by atoms with Crippen molar-refractivity contribution in [3.05, 3.63) is 109 Å². The van der Waals surface area contributed by atoms with Crippen molar-refractivity contribution in [3.63, 3.8) is 0 Å². The summed E-state index contributed by atoms with van der Waals surface area (Å²) in [6.07, 6.45) is 70.8. The lowest BCUT2D eigenvalue weighted by atomic mass is 10.1. The second kappa shape index (κ2) is 52.7. The van der Waals surface area contributed by atoms with Crippen molar-refractivity contribution in [3.8, 4) is 0 Å². The fourth-order valence-corrected chi connectivity index (χ4v) is 6.90. The van der Waals surface area contributed by atoms with E-state index in [0.717, 1.165) is 96.3 Å². The number of ether oxygens (including phenoxy) is 3. The molecule has 0 aromatic rings. The largest absolute Gasteiger partial charge is 0.462 e. The molecule has 0 aromatic heterocycles. The van der Waals surface area contributed by atoms with E-state index in [0.29, 0.717) is 19.3 Å². The topological polar surface area (TPSA) is 78.9 Å². The van der Waals surface area contributed by atoms with E-state index in [2.05, 4.69) is 118 Å². The summed E-state index contributed by atoms with van der Waals surface area (Å²) in [5, 5.41) is 0. The third-order valence-electron chi connectivity index (χ3n) is 10.8. The van der Waals surface area contributed by atoms with Gasteiger partial charge in [-0.25, -0.2) is 0 Å². The van der Waals surface area contributed by atoms with E-state index in [1.165, 1.54) is 83.5 Å². The van der Waals surface area contributed by atoms with Gasteiger partial charge in [-0.1, -0.05) is 220 Å². The van der Waals surface area contributed by atoms with Crippen molar-refractivity contribution >= 4 is 17.9 Å². The first-order chi connectivity index (χ1) is 32.0. The molecule has 0 aliphatic carbocycles. The van der Waals surface area contributed by atoms with Gasteiger partial charge in [0.1, 0.15) is 13.2 Å². The fraction of sp³-hybridized carbons (Fsp3) is 0.644. The number of carbonyl (C=O) groups is 3. The van der Waals surface area contributed by atoms with Gasteiger partial charge in [0.05, 0.1) is 0 Å². The van der Waals surface area contributed by atoms with E-state index in [9.17, 15) is 14.4 Å². The number of allylic oxidation sites excluding steroid dienone is 18. The first-order valence-corrected chi connectivity index (χ1v) is 26.4. The van der Waals surface area contributed by atoms with Crippen LogP contribution in [0.4, 0.5) is 0 Å². The Morgan fingerprint density at radius 1 is 0.338 bits per heavy atom. The highest BCUT2D eigenvalue weighted by molar-refractivity contribution is 5.71. The number of unbranched alkanes of at least 4 members (excludes halogenated alkanes) is 19. The maximum Gasteiger partial charge on any atom is 0.306 e. The van der Waals surface area contributed by atoms with Crippen LogP contribution in [-0.2, 0) is 28.6 Å². The molecule has 0 radical (unpaired) electrons. The average Bonchev–Trinajstić information content (AvgIpc) is 3.30. The Balaban J connectivity index is 4.53. The monoisotopic (exact) mass is 901 g/mol. The van der Waals surface area contributed by atoms with Crippen LogP contribution in [-0.4, -0.2) is 37.2 Å². The maximum absolute atomic E-state index is 12.8. The second-order valence-corrected chi connectivity index (χ2v) is 17.1. The van der Waals surface area contributed by atoms with Crippen LogP contribution in [0.25, 0.3) is 0 Å². The maximum atomic E-state index is 12.8. The van der Waals surface area contributed by atoms with E-state index in [1.807, 2.05) is 12.2 Å². The number of hydrogen-bond acceptors (Lipinski definition) is 6. The number of carbonyl (C=O) groups excluding carboxylic acids is 3. The zero-order chi connectivity index (χ0) is 47.2. The molecule has 1 unspecified atom stereocenters. The number of esters is 3. The third kappa shape index (κ3) is 50.9. The van der Waals surface area contributed by atoms with Crippen molar-refractivity contribution in [2.45, 2.75) is 232 Å². The van der Waals surface area contributed by atoms with Crippen molar-refractivity contribution in [2.24, 2.45) is 0 Å². The van der Waals surface area contributed by atoms with Gasteiger partial charge in [0.2, 0.25) is 0 Å². The minimum atomic E-state index is -0.819. The van der Waals surface area contributed by atoms with Gasteiger partial charge in [0, 0.05) is 19.3 Å². The molecule has 0 aliphatic heterocycles. The quantitative estimate of drug-likeness (QED) is 0.0199. The van der Waals surface area contributed by atoms with Crippen LogP contribution in [0.1, 0.15) is 226 Å².